The maximum Gasteiger partial charge on any atom is 0.191 e. The van der Waals surface area contributed by atoms with Gasteiger partial charge in [0.25, 0.3) is 0 Å². The van der Waals surface area contributed by atoms with Gasteiger partial charge < -0.3 is 15.4 Å². The van der Waals surface area contributed by atoms with Gasteiger partial charge in [-0.1, -0.05) is 12.1 Å². The second-order valence-electron chi connectivity index (χ2n) is 4.49. The molecule has 0 spiro atoms. The molecule has 0 amide bonds. The summed E-state index contributed by atoms with van der Waals surface area (Å²) in [7, 11) is 1.72. The molecule has 6 heteroatoms. The van der Waals surface area contributed by atoms with E-state index in [1.165, 1.54) is 0 Å². The first-order valence-electron chi connectivity index (χ1n) is 6.94. The lowest BCUT2D eigenvalue weighted by atomic mass is 10.1. The molecule has 0 aliphatic carbocycles. The van der Waals surface area contributed by atoms with Crippen molar-refractivity contribution < 1.29 is 9.13 Å². The van der Waals surface area contributed by atoms with E-state index < -0.39 is 0 Å². The third-order valence-electron chi connectivity index (χ3n) is 2.88. The van der Waals surface area contributed by atoms with Gasteiger partial charge in [0.2, 0.25) is 0 Å². The first kappa shape index (κ1) is 20.1. The number of aliphatic imine (C=N–C) groups is 1. The molecule has 0 aliphatic rings. The number of aryl methyl sites for hydroxylation is 1. The molecular weight excluding hydrogens is 384 g/mol. The van der Waals surface area contributed by atoms with E-state index in [4.69, 9.17) is 4.74 Å². The highest BCUT2D eigenvalue weighted by Crippen LogP contribution is 2.08. The second kappa shape index (κ2) is 11.7. The third-order valence-corrected chi connectivity index (χ3v) is 2.88. The van der Waals surface area contributed by atoms with E-state index in [0.29, 0.717) is 18.1 Å². The zero-order valence-electron chi connectivity index (χ0n) is 12.9. The van der Waals surface area contributed by atoms with E-state index in [1.54, 1.807) is 26.1 Å². The molecule has 4 nitrogen and oxygen atoms in total. The van der Waals surface area contributed by atoms with Crippen LogP contribution in [0.1, 0.15) is 24.5 Å². The molecule has 0 aromatic heterocycles. The molecule has 21 heavy (non-hydrogen) atoms. The standard InChI is InChI=1S/C15H24FN3O.HI/c1-4-20-9-5-8-18-15(17-3)19-11-13-7-6-12(2)14(16)10-13;/h6-7,10H,4-5,8-9,11H2,1-3H3,(H2,17,18,19);1H. The molecule has 120 valence electrons. The van der Waals surface area contributed by atoms with Crippen molar-refractivity contribution in [1.82, 2.24) is 10.6 Å². The van der Waals surface area contributed by atoms with Gasteiger partial charge in [0.05, 0.1) is 0 Å². The molecule has 0 radical (unpaired) electrons. The van der Waals surface area contributed by atoms with Gasteiger partial charge >= 0.3 is 0 Å². The Morgan fingerprint density at radius 2 is 2.10 bits per heavy atom. The Labute approximate surface area is 143 Å². The van der Waals surface area contributed by atoms with Crippen molar-refractivity contribution >= 4 is 29.9 Å². The monoisotopic (exact) mass is 409 g/mol. The van der Waals surface area contributed by atoms with E-state index in [0.717, 1.165) is 31.7 Å². The maximum atomic E-state index is 13.4. The number of nitrogens with zero attached hydrogens (tertiary/aromatic N) is 1. The summed E-state index contributed by atoms with van der Waals surface area (Å²) in [4.78, 5) is 4.12. The number of benzene rings is 1. The van der Waals surface area contributed by atoms with Crippen LogP contribution in [-0.2, 0) is 11.3 Å². The van der Waals surface area contributed by atoms with Crippen LogP contribution >= 0.6 is 24.0 Å². The van der Waals surface area contributed by atoms with Crippen LogP contribution in [0, 0.1) is 12.7 Å². The van der Waals surface area contributed by atoms with Gasteiger partial charge in [0.15, 0.2) is 5.96 Å². The molecule has 1 aromatic carbocycles. The van der Waals surface area contributed by atoms with Crippen molar-refractivity contribution in [1.29, 1.82) is 0 Å². The molecule has 0 unspecified atom stereocenters. The number of hydrogen-bond donors (Lipinski definition) is 2. The van der Waals surface area contributed by atoms with Crippen molar-refractivity contribution in [3.8, 4) is 0 Å². The third kappa shape index (κ3) is 8.21. The Morgan fingerprint density at radius 3 is 2.71 bits per heavy atom. The number of ether oxygens (including phenoxy) is 1. The number of nitrogens with one attached hydrogen (secondary N) is 2. The summed E-state index contributed by atoms with van der Waals surface area (Å²) in [6.45, 7) is 6.56. The predicted molar refractivity (Wildman–Crippen MR) is 95.9 cm³/mol. The molecule has 0 bridgehead atoms. The highest BCUT2D eigenvalue weighted by atomic mass is 127. The summed E-state index contributed by atoms with van der Waals surface area (Å²) >= 11 is 0. The largest absolute Gasteiger partial charge is 0.382 e. The van der Waals surface area contributed by atoms with Crippen LogP contribution in [0.15, 0.2) is 23.2 Å². The molecule has 0 fully saturated rings. The van der Waals surface area contributed by atoms with Gasteiger partial charge in [0, 0.05) is 33.4 Å². The fourth-order valence-corrected chi connectivity index (χ4v) is 1.68. The zero-order valence-corrected chi connectivity index (χ0v) is 15.2. The Bertz CT molecular complexity index is 441. The minimum atomic E-state index is -0.177. The topological polar surface area (TPSA) is 45.6 Å². The molecule has 2 N–H and O–H groups in total. The van der Waals surface area contributed by atoms with Crippen LogP contribution in [0.25, 0.3) is 0 Å². The van der Waals surface area contributed by atoms with Gasteiger partial charge in [-0.3, -0.25) is 4.99 Å². The van der Waals surface area contributed by atoms with Gasteiger partial charge in [-0.05, 0) is 37.5 Å². The van der Waals surface area contributed by atoms with Gasteiger partial charge in [-0.25, -0.2) is 4.39 Å². The quantitative estimate of drug-likeness (QED) is 0.315. The van der Waals surface area contributed by atoms with E-state index >= 15 is 0 Å². The van der Waals surface area contributed by atoms with Crippen LogP contribution in [0.4, 0.5) is 4.39 Å². The molecule has 0 aliphatic heterocycles. The van der Waals surface area contributed by atoms with E-state index in [1.807, 2.05) is 13.0 Å². The van der Waals surface area contributed by atoms with Crippen molar-refractivity contribution in [2.75, 3.05) is 26.8 Å². The minimum absolute atomic E-state index is 0. The van der Waals surface area contributed by atoms with Crippen LogP contribution in [-0.4, -0.2) is 32.8 Å². The van der Waals surface area contributed by atoms with Crippen LogP contribution < -0.4 is 10.6 Å². The van der Waals surface area contributed by atoms with Crippen molar-refractivity contribution in [2.24, 2.45) is 4.99 Å². The summed E-state index contributed by atoms with van der Waals surface area (Å²) in [6, 6.07) is 5.24. The van der Waals surface area contributed by atoms with Crippen LogP contribution in [0.3, 0.4) is 0 Å². The molecular formula is C15H25FIN3O. The van der Waals surface area contributed by atoms with Crippen molar-refractivity contribution in [3.05, 3.63) is 35.1 Å². The van der Waals surface area contributed by atoms with Crippen molar-refractivity contribution in [3.63, 3.8) is 0 Å². The Morgan fingerprint density at radius 1 is 1.33 bits per heavy atom. The highest BCUT2D eigenvalue weighted by molar-refractivity contribution is 14.0. The van der Waals surface area contributed by atoms with E-state index in [2.05, 4.69) is 15.6 Å². The summed E-state index contributed by atoms with van der Waals surface area (Å²) in [5.74, 6) is 0.534. The molecule has 0 atom stereocenters. The fraction of sp³-hybridized carbons (Fsp3) is 0.533. The lowest BCUT2D eigenvalue weighted by Crippen LogP contribution is -2.37. The average Bonchev–Trinajstić information content (AvgIpc) is 2.45. The number of rotatable bonds is 7. The first-order chi connectivity index (χ1) is 9.67. The second-order valence-corrected chi connectivity index (χ2v) is 4.49. The van der Waals surface area contributed by atoms with Crippen molar-refractivity contribution in [2.45, 2.75) is 26.8 Å². The summed E-state index contributed by atoms with van der Waals surface area (Å²) in [5, 5.41) is 6.34. The highest BCUT2D eigenvalue weighted by Gasteiger charge is 2.01. The van der Waals surface area contributed by atoms with Crippen LogP contribution in [0.2, 0.25) is 0 Å². The summed E-state index contributed by atoms with van der Waals surface area (Å²) < 4.78 is 18.7. The molecule has 1 rings (SSSR count). The first-order valence-corrected chi connectivity index (χ1v) is 6.94. The lowest BCUT2D eigenvalue weighted by Gasteiger charge is -2.12. The molecule has 1 aromatic rings. The maximum absolute atomic E-state index is 13.4. The zero-order chi connectivity index (χ0) is 14.8. The van der Waals surface area contributed by atoms with E-state index in [-0.39, 0.29) is 29.8 Å². The molecule has 0 saturated heterocycles. The minimum Gasteiger partial charge on any atom is -0.382 e. The van der Waals surface area contributed by atoms with E-state index in [9.17, 15) is 4.39 Å². The van der Waals surface area contributed by atoms with Gasteiger partial charge in [-0.2, -0.15) is 0 Å². The lowest BCUT2D eigenvalue weighted by molar-refractivity contribution is 0.145. The summed E-state index contributed by atoms with van der Waals surface area (Å²) in [6.07, 6.45) is 0.924. The number of guanidine groups is 1. The Hall–Kier alpha value is -0.890. The normalized spacial score (nSPS) is 11.0. The fourth-order valence-electron chi connectivity index (χ4n) is 1.68. The number of halogens is 2. The Balaban J connectivity index is 0.00000400. The Kier molecular flexibility index (Phi) is 11.2. The molecule has 0 saturated carbocycles. The van der Waals surface area contributed by atoms with Gasteiger partial charge in [0.1, 0.15) is 5.82 Å². The average molecular weight is 409 g/mol. The smallest absolute Gasteiger partial charge is 0.191 e. The van der Waals surface area contributed by atoms with Gasteiger partial charge in [-0.15, -0.1) is 24.0 Å². The number of hydrogen-bond acceptors (Lipinski definition) is 2. The predicted octanol–water partition coefficient (Wildman–Crippen LogP) is 2.84. The molecule has 0 heterocycles. The summed E-state index contributed by atoms with van der Waals surface area (Å²) in [5.41, 5.74) is 1.55. The SMILES string of the molecule is CCOCCCNC(=NC)NCc1ccc(C)c(F)c1.I. The van der Waals surface area contributed by atoms with Crippen LogP contribution in [0.5, 0.6) is 0 Å².